The Morgan fingerprint density at radius 2 is 1.97 bits per heavy atom. The molecule has 2 aromatic carbocycles. The quantitative estimate of drug-likeness (QED) is 0.593. The number of methoxy groups -OCH3 is 1. The van der Waals surface area contributed by atoms with Crippen molar-refractivity contribution in [2.75, 3.05) is 32.1 Å². The molecule has 0 unspecified atom stereocenters. The Labute approximate surface area is 197 Å². The number of amides is 2. The zero-order valence-corrected chi connectivity index (χ0v) is 19.5. The van der Waals surface area contributed by atoms with Gasteiger partial charge in [0.05, 0.1) is 16.6 Å². The molecule has 1 aliphatic heterocycles. The minimum absolute atomic E-state index is 0.0395. The number of rotatable bonds is 6. The van der Waals surface area contributed by atoms with E-state index in [2.05, 4.69) is 5.32 Å². The number of nitrogens with one attached hydrogen (secondary N) is 1. The zero-order valence-electron chi connectivity index (χ0n) is 19.5. The molecule has 5 rings (SSSR count). The van der Waals surface area contributed by atoms with Gasteiger partial charge in [0.2, 0.25) is 5.91 Å². The molecule has 0 bridgehead atoms. The number of likely N-dealkylation sites (tertiary alicyclic amines) is 1. The van der Waals surface area contributed by atoms with E-state index in [4.69, 9.17) is 9.72 Å². The van der Waals surface area contributed by atoms with Gasteiger partial charge in [0.25, 0.3) is 5.91 Å². The summed E-state index contributed by atoms with van der Waals surface area (Å²) in [5.74, 6) is 0.669. The standard InChI is InChI=1S/C26H29FN4O3/c1-30-24-20(26(33)31-11-10-17(14-31)19-8-3-4-9-21(19)27)12-18(28-23(32)15-34-2)13-22(24)29-25(30)16-6-5-7-16/h3-4,8-9,12-13,16-17H,5-7,10-11,14-15H2,1-2H3,(H,28,32)/t17-/m0/s1. The van der Waals surface area contributed by atoms with Gasteiger partial charge < -0.3 is 19.5 Å². The van der Waals surface area contributed by atoms with Crippen LogP contribution in [0.25, 0.3) is 11.0 Å². The second-order valence-corrected chi connectivity index (χ2v) is 9.29. The van der Waals surface area contributed by atoms with E-state index in [-0.39, 0.29) is 30.2 Å². The highest BCUT2D eigenvalue weighted by Crippen LogP contribution is 2.38. The molecule has 1 saturated carbocycles. The highest BCUT2D eigenvalue weighted by molar-refractivity contribution is 6.08. The van der Waals surface area contributed by atoms with Crippen molar-refractivity contribution in [2.24, 2.45) is 7.05 Å². The van der Waals surface area contributed by atoms with Gasteiger partial charge in [-0.2, -0.15) is 0 Å². The zero-order chi connectivity index (χ0) is 23.8. The number of carbonyl (C=O) groups excluding carboxylic acids is 2. The number of halogens is 1. The Balaban J connectivity index is 1.50. The third-order valence-electron chi connectivity index (χ3n) is 7.08. The van der Waals surface area contributed by atoms with Crippen molar-refractivity contribution in [3.05, 3.63) is 59.2 Å². The summed E-state index contributed by atoms with van der Waals surface area (Å²) in [6.45, 7) is 0.926. The van der Waals surface area contributed by atoms with Crippen molar-refractivity contribution in [1.29, 1.82) is 0 Å². The lowest BCUT2D eigenvalue weighted by Crippen LogP contribution is -2.29. The first-order valence-electron chi connectivity index (χ1n) is 11.8. The Morgan fingerprint density at radius 1 is 1.18 bits per heavy atom. The Bertz CT molecular complexity index is 1250. The summed E-state index contributed by atoms with van der Waals surface area (Å²) >= 11 is 0. The molecular formula is C26H29FN4O3. The van der Waals surface area contributed by atoms with Gasteiger partial charge in [-0.25, -0.2) is 9.37 Å². The molecule has 2 amide bonds. The number of aromatic nitrogens is 2. The van der Waals surface area contributed by atoms with Crippen molar-refractivity contribution in [1.82, 2.24) is 14.5 Å². The molecule has 178 valence electrons. The van der Waals surface area contributed by atoms with Gasteiger partial charge in [-0.1, -0.05) is 24.6 Å². The topological polar surface area (TPSA) is 76.5 Å². The molecule has 3 aromatic rings. The molecule has 0 radical (unpaired) electrons. The van der Waals surface area contributed by atoms with Crippen LogP contribution in [-0.4, -0.2) is 53.1 Å². The van der Waals surface area contributed by atoms with Gasteiger partial charge in [0.1, 0.15) is 18.2 Å². The first-order valence-corrected chi connectivity index (χ1v) is 11.8. The summed E-state index contributed by atoms with van der Waals surface area (Å²) in [5.41, 5.74) is 3.12. The largest absolute Gasteiger partial charge is 0.375 e. The number of hydrogen-bond acceptors (Lipinski definition) is 4. The molecule has 2 heterocycles. The maximum absolute atomic E-state index is 14.3. The van der Waals surface area contributed by atoms with Crippen LogP contribution < -0.4 is 5.32 Å². The van der Waals surface area contributed by atoms with E-state index >= 15 is 0 Å². The lowest BCUT2D eigenvalue weighted by Gasteiger charge is -2.24. The predicted octanol–water partition coefficient (Wildman–Crippen LogP) is 4.19. The monoisotopic (exact) mass is 464 g/mol. The fourth-order valence-electron chi connectivity index (χ4n) is 5.14. The number of hydrogen-bond donors (Lipinski definition) is 1. The normalized spacial score (nSPS) is 18.3. The van der Waals surface area contributed by atoms with E-state index < -0.39 is 0 Å². The van der Waals surface area contributed by atoms with E-state index in [1.807, 2.05) is 23.7 Å². The van der Waals surface area contributed by atoms with E-state index in [1.165, 1.54) is 19.6 Å². The molecule has 8 heteroatoms. The van der Waals surface area contributed by atoms with Crippen molar-refractivity contribution in [3.63, 3.8) is 0 Å². The van der Waals surface area contributed by atoms with Crippen LogP contribution in [-0.2, 0) is 16.6 Å². The fraction of sp³-hybridized carbons (Fsp3) is 0.423. The second kappa shape index (κ2) is 9.18. The van der Waals surface area contributed by atoms with Crippen LogP contribution >= 0.6 is 0 Å². The summed E-state index contributed by atoms with van der Waals surface area (Å²) in [4.78, 5) is 32.5. The third-order valence-corrected chi connectivity index (χ3v) is 7.08. The number of imidazole rings is 1. The first kappa shape index (κ1) is 22.5. The van der Waals surface area contributed by atoms with Crippen molar-refractivity contribution in [2.45, 2.75) is 37.5 Å². The van der Waals surface area contributed by atoms with Crippen LogP contribution in [0.4, 0.5) is 10.1 Å². The highest BCUT2D eigenvalue weighted by atomic mass is 19.1. The van der Waals surface area contributed by atoms with Crippen LogP contribution in [0.2, 0.25) is 0 Å². The van der Waals surface area contributed by atoms with Gasteiger partial charge in [0, 0.05) is 44.8 Å². The third kappa shape index (κ3) is 4.07. The summed E-state index contributed by atoms with van der Waals surface area (Å²) < 4.78 is 21.3. The molecule has 2 aliphatic rings. The van der Waals surface area contributed by atoms with Gasteiger partial charge in [-0.3, -0.25) is 9.59 Å². The van der Waals surface area contributed by atoms with Crippen molar-refractivity contribution < 1.29 is 18.7 Å². The van der Waals surface area contributed by atoms with Gasteiger partial charge in [-0.15, -0.1) is 0 Å². The minimum Gasteiger partial charge on any atom is -0.375 e. The molecule has 1 aromatic heterocycles. The smallest absolute Gasteiger partial charge is 0.256 e. The van der Waals surface area contributed by atoms with Crippen molar-refractivity contribution >= 4 is 28.5 Å². The predicted molar refractivity (Wildman–Crippen MR) is 127 cm³/mol. The highest BCUT2D eigenvalue weighted by Gasteiger charge is 2.32. The van der Waals surface area contributed by atoms with E-state index in [0.29, 0.717) is 47.8 Å². The number of nitrogens with zero attached hydrogens (tertiary/aromatic N) is 3. The Kier molecular flexibility index (Phi) is 6.08. The lowest BCUT2D eigenvalue weighted by atomic mass is 9.85. The number of anilines is 1. The molecular weight excluding hydrogens is 435 g/mol. The average molecular weight is 465 g/mol. The number of carbonyl (C=O) groups is 2. The summed E-state index contributed by atoms with van der Waals surface area (Å²) in [6.07, 6.45) is 4.07. The molecule has 2 fully saturated rings. The molecule has 1 atom stereocenters. The fourth-order valence-corrected chi connectivity index (χ4v) is 5.14. The van der Waals surface area contributed by atoms with Crippen LogP contribution in [0.15, 0.2) is 36.4 Å². The minimum atomic E-state index is -0.295. The van der Waals surface area contributed by atoms with Gasteiger partial charge >= 0.3 is 0 Å². The maximum Gasteiger partial charge on any atom is 0.256 e. The SMILES string of the molecule is COCC(=O)Nc1cc(C(=O)N2CC[C@H](c3ccccc3F)C2)c2c(c1)nc(C1CCC1)n2C. The second-order valence-electron chi connectivity index (χ2n) is 9.29. The molecule has 1 saturated heterocycles. The number of ether oxygens (including phenoxy) is 1. The molecule has 7 nitrogen and oxygen atoms in total. The maximum atomic E-state index is 14.3. The van der Waals surface area contributed by atoms with Crippen LogP contribution in [0, 0.1) is 5.82 Å². The Hall–Kier alpha value is -3.26. The first-order chi connectivity index (χ1) is 16.5. The van der Waals surface area contributed by atoms with E-state index in [0.717, 1.165) is 24.2 Å². The van der Waals surface area contributed by atoms with Gasteiger partial charge in [-0.05, 0) is 43.0 Å². The van der Waals surface area contributed by atoms with Crippen LogP contribution in [0.3, 0.4) is 0 Å². The summed E-state index contributed by atoms with van der Waals surface area (Å²) in [5, 5.41) is 2.82. The molecule has 1 N–H and O–H groups in total. The van der Waals surface area contributed by atoms with E-state index in [9.17, 15) is 14.0 Å². The molecule has 34 heavy (non-hydrogen) atoms. The number of aryl methyl sites for hydroxylation is 1. The molecule has 0 spiro atoms. The molecule has 1 aliphatic carbocycles. The number of benzene rings is 2. The Morgan fingerprint density at radius 3 is 2.68 bits per heavy atom. The number of fused-ring (bicyclic) bond motifs is 1. The van der Waals surface area contributed by atoms with Gasteiger partial charge in [0.15, 0.2) is 0 Å². The summed E-state index contributed by atoms with van der Waals surface area (Å²) in [7, 11) is 3.41. The lowest BCUT2D eigenvalue weighted by molar-refractivity contribution is -0.119. The van der Waals surface area contributed by atoms with Crippen LogP contribution in [0.5, 0.6) is 0 Å². The van der Waals surface area contributed by atoms with Crippen molar-refractivity contribution in [3.8, 4) is 0 Å². The summed E-state index contributed by atoms with van der Waals surface area (Å²) in [6, 6.07) is 10.3. The average Bonchev–Trinajstić information content (AvgIpc) is 3.38. The van der Waals surface area contributed by atoms with Crippen LogP contribution in [0.1, 0.15) is 59.3 Å². The van der Waals surface area contributed by atoms with E-state index in [1.54, 1.807) is 23.1 Å².